The number of Topliss-reactive ketones (excluding diaryl/α,β-unsaturated/α-hetero) is 1. The van der Waals surface area contributed by atoms with Gasteiger partial charge in [0.2, 0.25) is 0 Å². The van der Waals surface area contributed by atoms with Crippen LogP contribution in [0.15, 0.2) is 23.8 Å². The first-order valence-corrected chi connectivity index (χ1v) is 30.6. The first-order valence-electron chi connectivity index (χ1n) is 30.6. The van der Waals surface area contributed by atoms with Crippen LogP contribution in [0.5, 0.6) is 0 Å². The molecule has 0 spiro atoms. The van der Waals surface area contributed by atoms with Crippen molar-refractivity contribution in [3.05, 3.63) is 23.8 Å². The molecule has 1 saturated heterocycles. The van der Waals surface area contributed by atoms with Gasteiger partial charge in [0, 0.05) is 19.6 Å². The molecule has 414 valence electrons. The molecule has 0 aromatic rings. The van der Waals surface area contributed by atoms with Crippen molar-refractivity contribution >= 4 is 17.7 Å². The highest BCUT2D eigenvalue weighted by Gasteiger charge is 2.59. The summed E-state index contributed by atoms with van der Waals surface area (Å²) in [6.45, 7) is 21.0. The van der Waals surface area contributed by atoms with Gasteiger partial charge in [-0.3, -0.25) is 14.4 Å². The van der Waals surface area contributed by atoms with Gasteiger partial charge in [0.15, 0.2) is 5.78 Å². The van der Waals surface area contributed by atoms with Crippen molar-refractivity contribution < 1.29 is 38.1 Å². The number of ketones is 1. The van der Waals surface area contributed by atoms with Crippen LogP contribution in [0.1, 0.15) is 235 Å². The molecule has 9 nitrogen and oxygen atoms in total. The van der Waals surface area contributed by atoms with Crippen molar-refractivity contribution in [2.45, 2.75) is 247 Å². The number of likely N-dealkylation sites (tertiary alicyclic amines) is 1. The van der Waals surface area contributed by atoms with Gasteiger partial charge in [-0.2, -0.15) is 0 Å². The van der Waals surface area contributed by atoms with Crippen molar-refractivity contribution in [3.8, 4) is 0 Å². The lowest BCUT2D eigenvalue weighted by Gasteiger charge is -2.58. The number of carbonyl (C=O) groups is 3. The summed E-state index contributed by atoms with van der Waals surface area (Å²) in [6.07, 6.45) is 40.9. The zero-order chi connectivity index (χ0) is 51.6. The molecule has 9 heteroatoms. The van der Waals surface area contributed by atoms with E-state index in [1.165, 1.54) is 135 Å². The van der Waals surface area contributed by atoms with Crippen molar-refractivity contribution in [2.75, 3.05) is 59.3 Å². The SMILES string of the molecule is CCCCCCCC/C=C\CCCCCCCCOCC(CN1CCC(C(=O)OCC)CC1)OCCOC(=O)CCC(=O)CO[C@H]1CC[C@@]2(C)C(=CC[C@H]3[C@@H]4CC[C@H]([C@H](C)CCCC(C)C)[C@@]4(C)CC[C@@H]32)C1. The lowest BCUT2D eigenvalue weighted by atomic mass is 9.47. The number of fused-ring (bicyclic) bond motifs is 5. The third-order valence-corrected chi connectivity index (χ3v) is 18.8. The summed E-state index contributed by atoms with van der Waals surface area (Å²) in [5.74, 6) is 4.39. The number of unbranched alkanes of at least 4 members (excludes halogenated alkanes) is 12. The molecule has 0 aromatic heterocycles. The summed E-state index contributed by atoms with van der Waals surface area (Å²) in [5.41, 5.74) is 2.33. The molecule has 0 N–H and O–H groups in total. The third kappa shape index (κ3) is 19.8. The molecule has 3 saturated carbocycles. The first kappa shape index (κ1) is 60.8. The van der Waals surface area contributed by atoms with Crippen LogP contribution in [0.2, 0.25) is 0 Å². The zero-order valence-corrected chi connectivity index (χ0v) is 47.5. The van der Waals surface area contributed by atoms with Crippen LogP contribution in [0, 0.1) is 52.3 Å². The number of allylic oxidation sites excluding steroid dienone is 3. The van der Waals surface area contributed by atoms with E-state index in [9.17, 15) is 14.4 Å². The van der Waals surface area contributed by atoms with Crippen LogP contribution >= 0.6 is 0 Å². The van der Waals surface area contributed by atoms with Gasteiger partial charge < -0.3 is 28.6 Å². The standard InChI is InChI=1S/C63H109NO8/c1-8-10-11-12-13-14-15-16-17-18-19-20-21-22-23-24-42-68-48-55(46-64-40-36-51(37-41-64)61(67)69-9-2)70-43-44-71-60(66)33-29-53(65)47-72-54-34-38-62(6)52(45-54)28-30-56-58-32-31-57(50(5)27-25-26-49(3)4)63(58,7)39-35-59(56)62/h16-17,28,49-51,54-59H,8-15,18-27,29-48H2,1-7H3/b17-16-/t50-,54+,55?,56+,57-,58+,59+,62+,63-/m1/s1. The van der Waals surface area contributed by atoms with E-state index in [1.807, 2.05) is 6.92 Å². The number of nitrogens with zero attached hydrogens (tertiary/aromatic N) is 1. The van der Waals surface area contributed by atoms with Gasteiger partial charge in [0.1, 0.15) is 13.2 Å². The Morgan fingerprint density at radius 1 is 0.736 bits per heavy atom. The van der Waals surface area contributed by atoms with E-state index < -0.39 is 0 Å². The predicted octanol–water partition coefficient (Wildman–Crippen LogP) is 15.0. The smallest absolute Gasteiger partial charge is 0.309 e. The minimum absolute atomic E-state index is 0.0410. The summed E-state index contributed by atoms with van der Waals surface area (Å²) in [5, 5.41) is 0. The first-order chi connectivity index (χ1) is 34.9. The number of hydrogen-bond donors (Lipinski definition) is 0. The largest absolute Gasteiger partial charge is 0.466 e. The lowest BCUT2D eigenvalue weighted by molar-refractivity contribution is -0.150. The predicted molar refractivity (Wildman–Crippen MR) is 294 cm³/mol. The number of piperidine rings is 1. The van der Waals surface area contributed by atoms with Crippen LogP contribution in [0.4, 0.5) is 0 Å². The maximum atomic E-state index is 13.0. The summed E-state index contributed by atoms with van der Waals surface area (Å²) < 4.78 is 29.5. The Bertz CT molecular complexity index is 1600. The Morgan fingerprint density at radius 3 is 2.15 bits per heavy atom. The Balaban J connectivity index is 0.942. The van der Waals surface area contributed by atoms with E-state index in [-0.39, 0.29) is 73.9 Å². The molecule has 0 amide bonds. The molecule has 0 radical (unpaired) electrons. The second-order valence-electron chi connectivity index (χ2n) is 24.6. The van der Waals surface area contributed by atoms with Crippen molar-refractivity contribution in [1.29, 1.82) is 0 Å². The normalized spacial score (nSPS) is 27.6. The van der Waals surface area contributed by atoms with Crippen LogP contribution in [-0.4, -0.2) is 94.1 Å². The fraction of sp³-hybridized carbons (Fsp3) is 0.889. The Hall–Kier alpha value is -2.07. The summed E-state index contributed by atoms with van der Waals surface area (Å²) in [4.78, 5) is 40.4. The van der Waals surface area contributed by atoms with Gasteiger partial charge in [-0.15, -0.1) is 0 Å². The zero-order valence-electron chi connectivity index (χ0n) is 47.5. The highest BCUT2D eigenvalue weighted by Crippen LogP contribution is 2.67. The van der Waals surface area contributed by atoms with Crippen LogP contribution in [0.25, 0.3) is 0 Å². The third-order valence-electron chi connectivity index (χ3n) is 18.8. The molecule has 0 bridgehead atoms. The fourth-order valence-electron chi connectivity index (χ4n) is 14.5. The molecule has 9 atom stereocenters. The van der Waals surface area contributed by atoms with Crippen LogP contribution in [-0.2, 0) is 38.1 Å². The van der Waals surface area contributed by atoms with Gasteiger partial charge in [0.25, 0.3) is 0 Å². The average Bonchev–Trinajstić information content (AvgIpc) is 3.73. The Labute approximate surface area is 441 Å². The molecule has 1 unspecified atom stereocenters. The van der Waals surface area contributed by atoms with E-state index in [1.54, 1.807) is 5.57 Å². The number of ether oxygens (including phenoxy) is 5. The molecule has 5 rings (SSSR count). The van der Waals surface area contributed by atoms with E-state index in [2.05, 4.69) is 64.7 Å². The molecule has 4 aliphatic carbocycles. The molecule has 1 heterocycles. The monoisotopic (exact) mass is 1010 g/mol. The molecule has 0 aromatic carbocycles. The van der Waals surface area contributed by atoms with Crippen LogP contribution in [0.3, 0.4) is 0 Å². The number of esters is 2. The second kappa shape index (κ2) is 33.2. The van der Waals surface area contributed by atoms with E-state index in [0.29, 0.717) is 31.8 Å². The molecular weight excluding hydrogens is 899 g/mol. The van der Waals surface area contributed by atoms with Crippen molar-refractivity contribution in [3.63, 3.8) is 0 Å². The van der Waals surface area contributed by atoms with E-state index in [4.69, 9.17) is 23.7 Å². The van der Waals surface area contributed by atoms with Gasteiger partial charge in [-0.25, -0.2) is 0 Å². The quantitative estimate of drug-likeness (QED) is 0.0342. The summed E-state index contributed by atoms with van der Waals surface area (Å²) in [7, 11) is 0. The maximum absolute atomic E-state index is 13.0. The van der Waals surface area contributed by atoms with Crippen molar-refractivity contribution in [1.82, 2.24) is 4.90 Å². The summed E-state index contributed by atoms with van der Waals surface area (Å²) >= 11 is 0. The highest BCUT2D eigenvalue weighted by molar-refractivity contribution is 5.83. The van der Waals surface area contributed by atoms with E-state index >= 15 is 0 Å². The Kier molecular flexibility index (Phi) is 28.0. The number of hydrogen-bond acceptors (Lipinski definition) is 9. The van der Waals surface area contributed by atoms with Gasteiger partial charge >= 0.3 is 11.9 Å². The molecule has 4 fully saturated rings. The maximum Gasteiger partial charge on any atom is 0.309 e. The number of carbonyl (C=O) groups excluding carboxylic acids is 3. The Morgan fingerprint density at radius 2 is 1.44 bits per heavy atom. The average molecular weight is 1010 g/mol. The molecule has 5 aliphatic rings. The topological polar surface area (TPSA) is 101 Å². The fourth-order valence-corrected chi connectivity index (χ4v) is 14.5. The number of rotatable bonds is 37. The molecule has 72 heavy (non-hydrogen) atoms. The molecule has 1 aliphatic heterocycles. The minimum atomic E-state index is -0.381. The lowest BCUT2D eigenvalue weighted by Crippen LogP contribution is -2.51. The van der Waals surface area contributed by atoms with Crippen LogP contribution < -0.4 is 0 Å². The van der Waals surface area contributed by atoms with Crippen molar-refractivity contribution in [2.24, 2.45) is 52.3 Å². The highest BCUT2D eigenvalue weighted by atomic mass is 16.6. The van der Waals surface area contributed by atoms with Gasteiger partial charge in [-0.1, -0.05) is 142 Å². The molecular formula is C63H109NO8. The van der Waals surface area contributed by atoms with Gasteiger partial charge in [0.05, 0.1) is 44.4 Å². The second-order valence-corrected chi connectivity index (χ2v) is 24.6. The minimum Gasteiger partial charge on any atom is -0.466 e. The van der Waals surface area contributed by atoms with E-state index in [0.717, 1.165) is 87.1 Å². The summed E-state index contributed by atoms with van der Waals surface area (Å²) in [6, 6.07) is 0. The van der Waals surface area contributed by atoms with Gasteiger partial charge in [-0.05, 0) is 163 Å².